The summed E-state index contributed by atoms with van der Waals surface area (Å²) in [4.78, 5) is 2.62. The summed E-state index contributed by atoms with van der Waals surface area (Å²) in [5.74, 6) is 1.89. The fraction of sp³-hybridized carbons (Fsp3) is 0.700. The lowest BCUT2D eigenvalue weighted by Gasteiger charge is -2.36. The molecule has 2 bridgehead atoms. The number of nitrogens with zero attached hydrogens (tertiary/aromatic N) is 1. The minimum atomic E-state index is -0.275. The van der Waals surface area contributed by atoms with Crippen molar-refractivity contribution in [2.75, 3.05) is 18.0 Å². The molecule has 3 aliphatic heterocycles. The largest absolute Gasteiger partial charge is 0.494 e. The van der Waals surface area contributed by atoms with Crippen LogP contribution in [0.1, 0.15) is 47.0 Å². The van der Waals surface area contributed by atoms with Crippen LogP contribution in [0.3, 0.4) is 0 Å². The lowest BCUT2D eigenvalue weighted by atomic mass is 9.71. The van der Waals surface area contributed by atoms with Crippen molar-refractivity contribution in [1.82, 2.24) is 0 Å². The molecule has 4 heteroatoms. The molecule has 2 aliphatic carbocycles. The molecule has 24 heavy (non-hydrogen) atoms. The molecule has 1 atom stereocenters. The smallest absolute Gasteiger partial charge is 0.399 e. The Morgan fingerprint density at radius 2 is 1.54 bits per heavy atom. The Morgan fingerprint density at radius 3 is 2.17 bits per heavy atom. The fourth-order valence-corrected chi connectivity index (χ4v) is 5.09. The maximum absolute atomic E-state index is 6.17. The summed E-state index contributed by atoms with van der Waals surface area (Å²) in [6.07, 6.45) is 4.45. The second-order valence-electron chi connectivity index (χ2n) is 9.62. The quantitative estimate of drug-likeness (QED) is 0.780. The molecule has 3 saturated heterocycles. The van der Waals surface area contributed by atoms with Gasteiger partial charge < -0.3 is 14.2 Å². The van der Waals surface area contributed by atoms with Crippen molar-refractivity contribution in [1.29, 1.82) is 0 Å². The Balaban J connectivity index is 1.33. The molecule has 0 N–H and O–H groups in total. The van der Waals surface area contributed by atoms with E-state index in [2.05, 4.69) is 56.9 Å². The Morgan fingerprint density at radius 1 is 0.917 bits per heavy atom. The number of fused-ring (bicyclic) bond motifs is 2. The summed E-state index contributed by atoms with van der Waals surface area (Å²) in [7, 11) is -0.257. The zero-order valence-electron chi connectivity index (χ0n) is 15.3. The van der Waals surface area contributed by atoms with Gasteiger partial charge in [0.25, 0.3) is 0 Å². The van der Waals surface area contributed by atoms with Gasteiger partial charge in [0.2, 0.25) is 0 Å². The summed E-state index contributed by atoms with van der Waals surface area (Å²) in [5.41, 5.74) is 2.72. The van der Waals surface area contributed by atoms with Crippen LogP contribution < -0.4 is 10.4 Å². The van der Waals surface area contributed by atoms with Crippen LogP contribution in [0.25, 0.3) is 0 Å². The van der Waals surface area contributed by atoms with Crippen LogP contribution in [-0.2, 0) is 9.31 Å². The van der Waals surface area contributed by atoms with Crippen molar-refractivity contribution in [2.45, 2.75) is 58.2 Å². The van der Waals surface area contributed by atoms with Gasteiger partial charge in [-0.25, -0.2) is 0 Å². The number of hydrogen-bond donors (Lipinski definition) is 0. The molecule has 0 radical (unpaired) electrons. The third-order valence-electron chi connectivity index (χ3n) is 7.45. The molecule has 1 spiro atoms. The van der Waals surface area contributed by atoms with Gasteiger partial charge in [0.05, 0.1) is 11.2 Å². The topological polar surface area (TPSA) is 21.7 Å². The highest BCUT2D eigenvalue weighted by molar-refractivity contribution is 6.62. The van der Waals surface area contributed by atoms with E-state index in [4.69, 9.17) is 9.31 Å². The van der Waals surface area contributed by atoms with Crippen LogP contribution >= 0.6 is 0 Å². The van der Waals surface area contributed by atoms with Crippen LogP contribution in [0.15, 0.2) is 24.3 Å². The number of rotatable bonds is 2. The molecule has 3 heterocycles. The first-order valence-corrected chi connectivity index (χ1v) is 9.49. The minimum Gasteiger partial charge on any atom is -0.399 e. The van der Waals surface area contributed by atoms with Crippen LogP contribution in [0.5, 0.6) is 0 Å². The van der Waals surface area contributed by atoms with Crippen molar-refractivity contribution in [3.63, 3.8) is 0 Å². The normalized spacial score (nSPS) is 38.3. The van der Waals surface area contributed by atoms with Crippen molar-refractivity contribution >= 4 is 18.3 Å². The monoisotopic (exact) mass is 325 g/mol. The van der Waals surface area contributed by atoms with Gasteiger partial charge >= 0.3 is 7.12 Å². The molecule has 0 amide bonds. The van der Waals surface area contributed by atoms with E-state index in [-0.39, 0.29) is 18.3 Å². The molecule has 3 nitrogen and oxygen atoms in total. The summed E-state index contributed by atoms with van der Waals surface area (Å²) < 4.78 is 12.3. The molecule has 1 unspecified atom stereocenters. The van der Waals surface area contributed by atoms with Crippen LogP contribution in [0, 0.1) is 17.3 Å². The van der Waals surface area contributed by atoms with Crippen molar-refractivity contribution in [3.05, 3.63) is 24.3 Å². The molecule has 5 fully saturated rings. The second kappa shape index (κ2) is 4.59. The van der Waals surface area contributed by atoms with Gasteiger partial charge in [0, 0.05) is 18.8 Å². The average Bonchev–Trinajstić information content (AvgIpc) is 3.15. The number of anilines is 1. The van der Waals surface area contributed by atoms with E-state index in [1.54, 1.807) is 0 Å². The first-order chi connectivity index (χ1) is 11.3. The van der Waals surface area contributed by atoms with Gasteiger partial charge in [-0.15, -0.1) is 0 Å². The Bertz CT molecular complexity index is 626. The maximum atomic E-state index is 6.17. The molecule has 128 valence electrons. The minimum absolute atomic E-state index is 0.257. The number of hydrogen-bond acceptors (Lipinski definition) is 3. The lowest BCUT2D eigenvalue weighted by molar-refractivity contribution is 0.00578. The average molecular weight is 325 g/mol. The van der Waals surface area contributed by atoms with Crippen molar-refractivity contribution < 1.29 is 9.31 Å². The molecular weight excluding hydrogens is 297 g/mol. The van der Waals surface area contributed by atoms with Gasteiger partial charge in [-0.2, -0.15) is 0 Å². The van der Waals surface area contributed by atoms with E-state index in [1.807, 2.05) is 0 Å². The van der Waals surface area contributed by atoms with E-state index < -0.39 is 0 Å². The Hall–Kier alpha value is -0.995. The predicted octanol–water partition coefficient (Wildman–Crippen LogP) is 3.22. The standard InChI is InChI=1S/C20H28BNO2/c1-18(2)19(3,4)24-21(23-18)16-5-7-17(8-6-16)22-12-14-9-20(10-14)11-15(20)13-22/h5-8,14-15H,9-13H2,1-4H3. The van der Waals surface area contributed by atoms with Gasteiger partial charge in [0.1, 0.15) is 0 Å². The van der Waals surface area contributed by atoms with Crippen molar-refractivity contribution in [2.24, 2.45) is 17.3 Å². The fourth-order valence-electron chi connectivity index (χ4n) is 5.09. The zero-order valence-corrected chi connectivity index (χ0v) is 15.3. The first-order valence-electron chi connectivity index (χ1n) is 9.49. The predicted molar refractivity (Wildman–Crippen MR) is 97.6 cm³/mol. The third kappa shape index (κ3) is 2.12. The molecule has 1 aromatic carbocycles. The maximum Gasteiger partial charge on any atom is 0.494 e. The molecule has 6 rings (SSSR count). The highest BCUT2D eigenvalue weighted by Crippen LogP contribution is 2.69. The van der Waals surface area contributed by atoms with Crippen LogP contribution in [-0.4, -0.2) is 31.4 Å². The van der Waals surface area contributed by atoms with E-state index >= 15 is 0 Å². The Labute approximate surface area is 145 Å². The second-order valence-corrected chi connectivity index (χ2v) is 9.62. The van der Waals surface area contributed by atoms with Gasteiger partial charge in [-0.05, 0) is 81.8 Å². The first kappa shape index (κ1) is 15.3. The highest BCUT2D eigenvalue weighted by atomic mass is 16.7. The highest BCUT2D eigenvalue weighted by Gasteiger charge is 2.63. The summed E-state index contributed by atoms with van der Waals surface area (Å²) in [5, 5.41) is 0. The summed E-state index contributed by atoms with van der Waals surface area (Å²) in [6.45, 7) is 10.9. The summed E-state index contributed by atoms with van der Waals surface area (Å²) >= 11 is 0. The van der Waals surface area contributed by atoms with Crippen molar-refractivity contribution in [3.8, 4) is 0 Å². The lowest BCUT2D eigenvalue weighted by Crippen LogP contribution is -2.41. The number of benzene rings is 1. The van der Waals surface area contributed by atoms with Gasteiger partial charge in [-0.1, -0.05) is 12.1 Å². The van der Waals surface area contributed by atoms with Gasteiger partial charge in [-0.3, -0.25) is 0 Å². The molecule has 1 aromatic rings. The van der Waals surface area contributed by atoms with E-state index in [9.17, 15) is 0 Å². The van der Waals surface area contributed by atoms with Crippen LogP contribution in [0.2, 0.25) is 0 Å². The molecular formula is C20H28BNO2. The Kier molecular flexibility index (Phi) is 2.92. The van der Waals surface area contributed by atoms with E-state index in [0.29, 0.717) is 0 Å². The molecule has 5 aliphatic rings. The summed E-state index contributed by atoms with van der Waals surface area (Å²) in [6, 6.07) is 8.90. The molecule has 0 aromatic heterocycles. The van der Waals surface area contributed by atoms with Crippen LogP contribution in [0.4, 0.5) is 5.69 Å². The molecule has 2 saturated carbocycles. The van der Waals surface area contributed by atoms with E-state index in [0.717, 1.165) is 22.7 Å². The van der Waals surface area contributed by atoms with E-state index in [1.165, 1.54) is 38.0 Å². The third-order valence-corrected chi connectivity index (χ3v) is 7.45. The zero-order chi connectivity index (χ0) is 16.7. The van der Waals surface area contributed by atoms with Gasteiger partial charge in [0.15, 0.2) is 0 Å². The SMILES string of the molecule is CC1(C)OB(c2ccc(N3CC4CC5(C4)CC5C3)cc2)OC1(C)C.